The maximum atomic E-state index is 14.7. The first kappa shape index (κ1) is 18.2. The third-order valence-corrected chi connectivity index (χ3v) is 4.50. The molecule has 2 heterocycles. The van der Waals surface area contributed by atoms with Gasteiger partial charge in [0.25, 0.3) is 0 Å². The standard InChI is InChI=1S/C20H23FN4O/c1-4-5-13(2)19-23-18-11-15(14(3)12-22)17(21)10-16(18)20(24-19)25-6-8-26-9-7-25/h4-5,10-12,14,22H,2,6-9H2,1,3H3. The Bertz CT molecular complexity index is 872. The molecule has 1 aliphatic rings. The lowest BCUT2D eigenvalue weighted by Crippen LogP contribution is -2.37. The quantitative estimate of drug-likeness (QED) is 0.652. The van der Waals surface area contributed by atoms with Crippen LogP contribution in [0, 0.1) is 11.2 Å². The smallest absolute Gasteiger partial charge is 0.161 e. The van der Waals surface area contributed by atoms with Gasteiger partial charge >= 0.3 is 0 Å². The van der Waals surface area contributed by atoms with E-state index in [4.69, 9.17) is 10.1 Å². The summed E-state index contributed by atoms with van der Waals surface area (Å²) < 4.78 is 20.1. The van der Waals surface area contributed by atoms with Gasteiger partial charge in [0.1, 0.15) is 11.6 Å². The summed E-state index contributed by atoms with van der Waals surface area (Å²) in [6, 6.07) is 3.20. The van der Waals surface area contributed by atoms with Gasteiger partial charge in [-0.05, 0) is 24.6 Å². The first-order valence-corrected chi connectivity index (χ1v) is 8.71. The van der Waals surface area contributed by atoms with Crippen molar-refractivity contribution in [1.29, 1.82) is 5.41 Å². The van der Waals surface area contributed by atoms with Crippen LogP contribution in [0.4, 0.5) is 10.2 Å². The second kappa shape index (κ2) is 7.74. The summed E-state index contributed by atoms with van der Waals surface area (Å²) in [6.45, 7) is 10.4. The van der Waals surface area contributed by atoms with Gasteiger partial charge in [-0.1, -0.05) is 25.7 Å². The highest BCUT2D eigenvalue weighted by atomic mass is 19.1. The topological polar surface area (TPSA) is 62.1 Å². The van der Waals surface area contributed by atoms with E-state index in [1.807, 2.05) is 19.1 Å². The van der Waals surface area contributed by atoms with Gasteiger partial charge in [0, 0.05) is 36.2 Å². The number of benzene rings is 1. The molecule has 1 saturated heterocycles. The van der Waals surface area contributed by atoms with Gasteiger partial charge in [-0.2, -0.15) is 0 Å². The molecule has 26 heavy (non-hydrogen) atoms. The van der Waals surface area contributed by atoms with Crippen molar-refractivity contribution in [2.75, 3.05) is 31.2 Å². The molecule has 5 nitrogen and oxygen atoms in total. The van der Waals surface area contributed by atoms with Crippen LogP contribution in [-0.4, -0.2) is 42.5 Å². The number of rotatable bonds is 5. The average Bonchev–Trinajstić information content (AvgIpc) is 2.67. The molecule has 6 heteroatoms. The molecule has 0 amide bonds. The number of halogens is 1. The molecule has 1 fully saturated rings. The van der Waals surface area contributed by atoms with E-state index in [1.165, 1.54) is 12.3 Å². The number of ether oxygens (including phenoxy) is 1. The molecule has 1 unspecified atom stereocenters. The highest BCUT2D eigenvalue weighted by Gasteiger charge is 2.20. The maximum Gasteiger partial charge on any atom is 0.161 e. The van der Waals surface area contributed by atoms with Crippen LogP contribution in [0.5, 0.6) is 0 Å². The maximum absolute atomic E-state index is 14.7. The van der Waals surface area contributed by atoms with Gasteiger partial charge in [0.2, 0.25) is 0 Å². The van der Waals surface area contributed by atoms with Crippen molar-refractivity contribution >= 4 is 28.5 Å². The highest BCUT2D eigenvalue weighted by Crippen LogP contribution is 2.30. The fraction of sp³-hybridized carbons (Fsp3) is 0.350. The van der Waals surface area contributed by atoms with Crippen molar-refractivity contribution in [1.82, 2.24) is 9.97 Å². The van der Waals surface area contributed by atoms with Gasteiger partial charge in [-0.25, -0.2) is 14.4 Å². The van der Waals surface area contributed by atoms with Crippen LogP contribution >= 0.6 is 0 Å². The fourth-order valence-corrected chi connectivity index (χ4v) is 3.02. The zero-order valence-corrected chi connectivity index (χ0v) is 15.1. The number of hydrogen-bond donors (Lipinski definition) is 1. The van der Waals surface area contributed by atoms with Crippen molar-refractivity contribution in [3.8, 4) is 0 Å². The van der Waals surface area contributed by atoms with Gasteiger partial charge in [0.05, 0.1) is 18.7 Å². The summed E-state index contributed by atoms with van der Waals surface area (Å²) in [5.41, 5.74) is 1.82. The number of aromatic nitrogens is 2. The van der Waals surface area contributed by atoms with E-state index in [1.54, 1.807) is 13.0 Å². The Labute approximate surface area is 152 Å². The fourth-order valence-electron chi connectivity index (χ4n) is 3.02. The van der Waals surface area contributed by atoms with Crippen molar-refractivity contribution in [2.45, 2.75) is 19.8 Å². The van der Waals surface area contributed by atoms with E-state index in [9.17, 15) is 4.39 Å². The molecule has 0 radical (unpaired) electrons. The van der Waals surface area contributed by atoms with Gasteiger partial charge in [-0.3, -0.25) is 0 Å². The number of fused-ring (bicyclic) bond motifs is 1. The molecule has 0 bridgehead atoms. The molecule has 1 aromatic heterocycles. The number of allylic oxidation sites excluding steroid dienone is 3. The van der Waals surface area contributed by atoms with E-state index in [2.05, 4.69) is 21.4 Å². The molecule has 0 aliphatic carbocycles. The van der Waals surface area contributed by atoms with Gasteiger partial charge < -0.3 is 15.0 Å². The minimum Gasteiger partial charge on any atom is -0.378 e. The lowest BCUT2D eigenvalue weighted by atomic mass is 9.99. The van der Waals surface area contributed by atoms with Crippen LogP contribution in [0.1, 0.15) is 31.2 Å². The van der Waals surface area contributed by atoms with E-state index in [0.29, 0.717) is 60.0 Å². The normalized spacial score (nSPS) is 16.2. The zero-order valence-electron chi connectivity index (χ0n) is 15.1. The van der Waals surface area contributed by atoms with Crippen molar-refractivity contribution < 1.29 is 9.13 Å². The minimum atomic E-state index is -0.341. The SMILES string of the molecule is C=C(C=CC)c1nc(N2CCOCC2)c2cc(F)c(C(C)C=N)cc2n1. The number of nitrogens with one attached hydrogen (secondary N) is 1. The Hall–Kier alpha value is -2.60. The summed E-state index contributed by atoms with van der Waals surface area (Å²) in [6.07, 6.45) is 4.97. The summed E-state index contributed by atoms with van der Waals surface area (Å²) in [5.74, 6) is 0.569. The molecule has 136 valence electrons. The summed E-state index contributed by atoms with van der Waals surface area (Å²) >= 11 is 0. The molecule has 0 spiro atoms. The zero-order chi connectivity index (χ0) is 18.7. The first-order valence-electron chi connectivity index (χ1n) is 8.71. The second-order valence-electron chi connectivity index (χ2n) is 6.34. The molecule has 2 aromatic rings. The predicted octanol–water partition coefficient (Wildman–Crippen LogP) is 3.95. The minimum absolute atomic E-state index is 0.316. The van der Waals surface area contributed by atoms with E-state index >= 15 is 0 Å². The third kappa shape index (κ3) is 3.51. The van der Waals surface area contributed by atoms with E-state index in [0.717, 1.165) is 0 Å². The van der Waals surface area contributed by atoms with Crippen molar-refractivity contribution in [2.24, 2.45) is 0 Å². The van der Waals surface area contributed by atoms with Crippen molar-refractivity contribution in [3.63, 3.8) is 0 Å². The summed E-state index contributed by atoms with van der Waals surface area (Å²) in [5, 5.41) is 8.12. The van der Waals surface area contributed by atoms with Crippen molar-refractivity contribution in [3.05, 3.63) is 48.1 Å². The number of nitrogens with zero attached hydrogens (tertiary/aromatic N) is 3. The Kier molecular flexibility index (Phi) is 5.42. The monoisotopic (exact) mass is 354 g/mol. The first-order chi connectivity index (χ1) is 12.5. The average molecular weight is 354 g/mol. The molecule has 1 aromatic carbocycles. The Morgan fingerprint density at radius 1 is 1.35 bits per heavy atom. The Morgan fingerprint density at radius 3 is 2.73 bits per heavy atom. The molecule has 1 aliphatic heterocycles. The van der Waals surface area contributed by atoms with Gasteiger partial charge in [0.15, 0.2) is 5.82 Å². The molecular formula is C20H23FN4O. The van der Waals surface area contributed by atoms with Crippen LogP contribution in [-0.2, 0) is 4.74 Å². The Morgan fingerprint density at radius 2 is 2.08 bits per heavy atom. The van der Waals surface area contributed by atoms with Crippen LogP contribution in [0.2, 0.25) is 0 Å². The van der Waals surface area contributed by atoms with E-state index < -0.39 is 0 Å². The number of morpholine rings is 1. The number of anilines is 1. The molecule has 3 rings (SSSR count). The van der Waals surface area contributed by atoms with Crippen LogP contribution < -0.4 is 4.90 Å². The number of hydrogen-bond acceptors (Lipinski definition) is 5. The molecule has 1 atom stereocenters. The largest absolute Gasteiger partial charge is 0.378 e. The Balaban J connectivity index is 2.22. The molecular weight excluding hydrogens is 331 g/mol. The molecule has 1 N–H and O–H groups in total. The second-order valence-corrected chi connectivity index (χ2v) is 6.34. The van der Waals surface area contributed by atoms with Crippen LogP contribution in [0.3, 0.4) is 0 Å². The third-order valence-electron chi connectivity index (χ3n) is 4.50. The summed E-state index contributed by atoms with van der Waals surface area (Å²) in [7, 11) is 0. The van der Waals surface area contributed by atoms with Gasteiger partial charge in [-0.15, -0.1) is 0 Å². The highest BCUT2D eigenvalue weighted by molar-refractivity contribution is 5.92. The lowest BCUT2D eigenvalue weighted by molar-refractivity contribution is 0.122. The van der Waals surface area contributed by atoms with Crippen LogP contribution in [0.25, 0.3) is 16.5 Å². The predicted molar refractivity (Wildman–Crippen MR) is 104 cm³/mol. The van der Waals surface area contributed by atoms with Crippen LogP contribution in [0.15, 0.2) is 30.9 Å². The summed E-state index contributed by atoms with van der Waals surface area (Å²) in [4.78, 5) is 11.4. The molecule has 0 saturated carbocycles. The lowest BCUT2D eigenvalue weighted by Gasteiger charge is -2.29. The van der Waals surface area contributed by atoms with E-state index in [-0.39, 0.29) is 11.7 Å².